The number of esters is 1. The lowest BCUT2D eigenvalue weighted by Crippen LogP contribution is -2.25. The van der Waals surface area contributed by atoms with E-state index in [-0.39, 0.29) is 17.1 Å². The van der Waals surface area contributed by atoms with Crippen molar-refractivity contribution in [3.8, 4) is 5.95 Å². The molecule has 0 bridgehead atoms. The van der Waals surface area contributed by atoms with Crippen LogP contribution >= 0.6 is 11.6 Å². The van der Waals surface area contributed by atoms with Crippen LogP contribution in [0.1, 0.15) is 24.5 Å². The maximum Gasteiger partial charge on any atom is 0.377 e. The van der Waals surface area contributed by atoms with Gasteiger partial charge in [-0.05, 0) is 25.4 Å². The zero-order valence-electron chi connectivity index (χ0n) is 11.8. The van der Waals surface area contributed by atoms with Crippen LogP contribution in [-0.4, -0.2) is 55.9 Å². The largest absolute Gasteiger partial charge is 0.463 e. The van der Waals surface area contributed by atoms with Crippen LogP contribution in [0.5, 0.6) is 0 Å². The van der Waals surface area contributed by atoms with Crippen LogP contribution < -0.4 is 4.90 Å². The fourth-order valence-electron chi connectivity index (χ4n) is 1.62. The Morgan fingerprint density at radius 1 is 1.33 bits per heavy atom. The number of halogens is 1. The highest BCUT2D eigenvalue weighted by molar-refractivity contribution is 6.28. The summed E-state index contributed by atoms with van der Waals surface area (Å²) >= 11 is 5.91. The van der Waals surface area contributed by atoms with Gasteiger partial charge >= 0.3 is 5.97 Å². The van der Waals surface area contributed by atoms with Crippen LogP contribution in [-0.2, 0) is 4.74 Å². The summed E-state index contributed by atoms with van der Waals surface area (Å²) in [7, 11) is 1.25. The molecule has 2 aromatic heterocycles. The first-order chi connectivity index (χ1) is 10.1. The molecular weight excluding hydrogens is 298 g/mol. The Morgan fingerprint density at radius 2 is 2.05 bits per heavy atom. The third-order valence-electron chi connectivity index (χ3n) is 2.70. The number of hydrogen-bond donors (Lipinski definition) is 0. The van der Waals surface area contributed by atoms with Gasteiger partial charge in [-0.1, -0.05) is 0 Å². The average Bonchev–Trinajstić information content (AvgIpc) is 2.97. The van der Waals surface area contributed by atoms with E-state index in [0.717, 1.165) is 13.1 Å². The Balaban J connectivity index is 2.39. The number of ether oxygens (including phenoxy) is 1. The van der Waals surface area contributed by atoms with E-state index in [0.29, 0.717) is 5.95 Å². The summed E-state index contributed by atoms with van der Waals surface area (Å²) in [5.41, 5.74) is 0. The van der Waals surface area contributed by atoms with Crippen LogP contribution in [0, 0.1) is 0 Å². The average molecular weight is 312 g/mol. The molecule has 0 fully saturated rings. The number of carbonyl (C=O) groups is 1. The SMILES string of the molecule is CCN(CC)c1nc(Cl)nc(-n2cnc(C(=O)OC)n2)n1. The Hall–Kier alpha value is -2.29. The van der Waals surface area contributed by atoms with Crippen LogP contribution in [0.4, 0.5) is 5.95 Å². The molecule has 0 aliphatic heterocycles. The number of hydrogen-bond acceptors (Lipinski definition) is 8. The van der Waals surface area contributed by atoms with Gasteiger partial charge in [0, 0.05) is 13.1 Å². The molecule has 0 spiro atoms. The summed E-state index contributed by atoms with van der Waals surface area (Å²) in [6, 6.07) is 0. The second-order valence-electron chi connectivity index (χ2n) is 3.88. The highest BCUT2D eigenvalue weighted by Gasteiger charge is 2.16. The van der Waals surface area contributed by atoms with Crippen LogP contribution in [0.2, 0.25) is 5.28 Å². The zero-order valence-corrected chi connectivity index (χ0v) is 12.6. The Bertz CT molecular complexity index is 641. The van der Waals surface area contributed by atoms with Gasteiger partial charge in [-0.25, -0.2) is 9.78 Å². The van der Waals surface area contributed by atoms with Crippen molar-refractivity contribution in [3.05, 3.63) is 17.4 Å². The summed E-state index contributed by atoms with van der Waals surface area (Å²) in [6.07, 6.45) is 1.31. The summed E-state index contributed by atoms with van der Waals surface area (Å²) in [6.45, 7) is 5.40. The number of aromatic nitrogens is 6. The molecule has 0 aliphatic carbocycles. The number of anilines is 1. The van der Waals surface area contributed by atoms with E-state index < -0.39 is 5.97 Å². The van der Waals surface area contributed by atoms with Crippen molar-refractivity contribution in [1.82, 2.24) is 29.7 Å². The molecule has 0 atom stereocenters. The van der Waals surface area contributed by atoms with Crippen molar-refractivity contribution in [1.29, 1.82) is 0 Å². The quantitative estimate of drug-likeness (QED) is 0.745. The minimum Gasteiger partial charge on any atom is -0.463 e. The number of carbonyl (C=O) groups excluding carboxylic acids is 1. The Morgan fingerprint density at radius 3 is 2.67 bits per heavy atom. The second kappa shape index (κ2) is 6.44. The van der Waals surface area contributed by atoms with Gasteiger partial charge in [0.1, 0.15) is 6.33 Å². The monoisotopic (exact) mass is 311 g/mol. The predicted molar refractivity (Wildman–Crippen MR) is 74.7 cm³/mol. The molecule has 0 saturated carbocycles. The van der Waals surface area contributed by atoms with E-state index in [1.54, 1.807) is 0 Å². The number of rotatable bonds is 5. The van der Waals surface area contributed by atoms with E-state index in [9.17, 15) is 4.79 Å². The molecule has 0 saturated heterocycles. The van der Waals surface area contributed by atoms with Gasteiger partial charge in [0.2, 0.25) is 11.2 Å². The van der Waals surface area contributed by atoms with Gasteiger partial charge < -0.3 is 9.64 Å². The maximum atomic E-state index is 11.3. The molecule has 112 valence electrons. The number of nitrogens with zero attached hydrogens (tertiary/aromatic N) is 7. The first kappa shape index (κ1) is 15.1. The molecule has 0 amide bonds. The normalized spacial score (nSPS) is 10.5. The Labute approximate surface area is 126 Å². The molecular formula is C11H14ClN7O2. The lowest BCUT2D eigenvalue weighted by atomic mass is 10.5. The fourth-order valence-corrected chi connectivity index (χ4v) is 1.78. The Kier molecular flexibility index (Phi) is 4.63. The van der Waals surface area contributed by atoms with Gasteiger partial charge in [0.05, 0.1) is 7.11 Å². The van der Waals surface area contributed by atoms with Crippen molar-refractivity contribution in [3.63, 3.8) is 0 Å². The van der Waals surface area contributed by atoms with Crippen molar-refractivity contribution in [2.75, 3.05) is 25.1 Å². The van der Waals surface area contributed by atoms with E-state index >= 15 is 0 Å². The molecule has 9 nitrogen and oxygen atoms in total. The lowest BCUT2D eigenvalue weighted by molar-refractivity contribution is 0.0587. The van der Waals surface area contributed by atoms with E-state index in [4.69, 9.17) is 11.6 Å². The topological polar surface area (TPSA) is 98.9 Å². The van der Waals surface area contributed by atoms with Gasteiger partial charge in [-0.3, -0.25) is 0 Å². The number of methoxy groups -OCH3 is 1. The molecule has 10 heteroatoms. The molecule has 2 aromatic rings. The summed E-state index contributed by atoms with van der Waals surface area (Å²) in [5, 5.41) is 3.98. The molecule has 21 heavy (non-hydrogen) atoms. The summed E-state index contributed by atoms with van der Waals surface area (Å²) in [4.78, 5) is 29.4. The standard InChI is InChI=1S/C11H14ClN7O2/c1-4-18(5-2)10-14-9(12)15-11(16-10)19-6-13-7(17-19)8(20)21-3/h6H,4-5H2,1-3H3. The van der Waals surface area contributed by atoms with Gasteiger partial charge in [-0.15, -0.1) is 5.10 Å². The predicted octanol–water partition coefficient (Wildman–Crippen LogP) is 0.738. The molecule has 0 aliphatic rings. The molecule has 0 aromatic carbocycles. The fraction of sp³-hybridized carbons (Fsp3) is 0.455. The molecule has 0 N–H and O–H groups in total. The first-order valence-corrected chi connectivity index (χ1v) is 6.63. The highest BCUT2D eigenvalue weighted by atomic mass is 35.5. The van der Waals surface area contributed by atoms with Crippen LogP contribution in [0.3, 0.4) is 0 Å². The lowest BCUT2D eigenvalue weighted by Gasteiger charge is -2.18. The van der Waals surface area contributed by atoms with Crippen molar-refractivity contribution in [2.45, 2.75) is 13.8 Å². The molecule has 0 radical (unpaired) electrons. The van der Waals surface area contributed by atoms with Crippen molar-refractivity contribution in [2.24, 2.45) is 0 Å². The van der Waals surface area contributed by atoms with E-state index in [2.05, 4.69) is 29.8 Å². The minimum atomic E-state index is -0.641. The molecule has 2 rings (SSSR count). The van der Waals surface area contributed by atoms with E-state index in [1.165, 1.54) is 18.1 Å². The molecule has 0 unspecified atom stereocenters. The minimum absolute atomic E-state index is 0.0389. The van der Waals surface area contributed by atoms with Gasteiger partial charge in [0.15, 0.2) is 0 Å². The highest BCUT2D eigenvalue weighted by Crippen LogP contribution is 2.12. The summed E-state index contributed by atoms with van der Waals surface area (Å²) in [5.74, 6) is -0.110. The third kappa shape index (κ3) is 3.24. The van der Waals surface area contributed by atoms with Crippen molar-refractivity contribution < 1.29 is 9.53 Å². The smallest absolute Gasteiger partial charge is 0.377 e. The van der Waals surface area contributed by atoms with Crippen LogP contribution in [0.15, 0.2) is 6.33 Å². The van der Waals surface area contributed by atoms with Gasteiger partial charge in [-0.2, -0.15) is 19.6 Å². The maximum absolute atomic E-state index is 11.3. The van der Waals surface area contributed by atoms with E-state index in [1.807, 2.05) is 18.7 Å². The first-order valence-electron chi connectivity index (χ1n) is 6.25. The third-order valence-corrected chi connectivity index (χ3v) is 2.86. The van der Waals surface area contributed by atoms with Crippen LogP contribution in [0.25, 0.3) is 5.95 Å². The zero-order chi connectivity index (χ0) is 15.4. The second-order valence-corrected chi connectivity index (χ2v) is 4.22. The van der Waals surface area contributed by atoms with Gasteiger partial charge in [0.25, 0.3) is 11.8 Å². The van der Waals surface area contributed by atoms with Crippen molar-refractivity contribution >= 4 is 23.5 Å². The molecule has 2 heterocycles. The summed E-state index contributed by atoms with van der Waals surface area (Å²) < 4.78 is 5.78.